The van der Waals surface area contributed by atoms with Gasteiger partial charge in [0.05, 0.1) is 24.3 Å². The van der Waals surface area contributed by atoms with E-state index in [1.165, 1.54) is 6.92 Å². The number of benzene rings is 1. The van der Waals surface area contributed by atoms with E-state index in [0.717, 1.165) is 0 Å². The average Bonchev–Trinajstić information content (AvgIpc) is 2.60. The molecule has 25 heavy (non-hydrogen) atoms. The van der Waals surface area contributed by atoms with Gasteiger partial charge in [0, 0.05) is 26.6 Å². The fraction of sp³-hybridized carbons (Fsp3) is 0.556. The Hall–Kier alpha value is -2.12. The molecular formula is C18H26N2O5. The molecule has 1 aromatic rings. The molecule has 1 fully saturated rings. The van der Waals surface area contributed by atoms with Gasteiger partial charge < -0.3 is 24.8 Å². The molecule has 2 rings (SSSR count). The van der Waals surface area contributed by atoms with Crippen LogP contribution in [0, 0.1) is 0 Å². The molecule has 2 amide bonds. The molecule has 0 spiro atoms. The number of nitrogens with zero attached hydrogens (tertiary/aromatic N) is 1. The summed E-state index contributed by atoms with van der Waals surface area (Å²) < 4.78 is 10.9. The zero-order chi connectivity index (χ0) is 18.2. The SMILES string of the molecule is CCOCCOc1ccccc1C(=O)N[C@@H]1CCN(C(C)=O)C[C@H]1O. The Morgan fingerprint density at radius 2 is 2.08 bits per heavy atom. The second kappa shape index (κ2) is 9.39. The minimum Gasteiger partial charge on any atom is -0.490 e. The fourth-order valence-electron chi connectivity index (χ4n) is 2.77. The summed E-state index contributed by atoms with van der Waals surface area (Å²) in [7, 11) is 0. The van der Waals surface area contributed by atoms with Gasteiger partial charge in [-0.1, -0.05) is 12.1 Å². The normalized spacial score (nSPS) is 20.2. The molecule has 2 atom stereocenters. The van der Waals surface area contributed by atoms with Gasteiger partial charge in [-0.15, -0.1) is 0 Å². The van der Waals surface area contributed by atoms with Crippen molar-refractivity contribution in [2.75, 3.05) is 32.9 Å². The van der Waals surface area contributed by atoms with Gasteiger partial charge in [-0.2, -0.15) is 0 Å². The Bertz CT molecular complexity index is 593. The predicted molar refractivity (Wildman–Crippen MR) is 92.6 cm³/mol. The highest BCUT2D eigenvalue weighted by molar-refractivity contribution is 5.97. The summed E-state index contributed by atoms with van der Waals surface area (Å²) in [5.41, 5.74) is 0.417. The molecule has 0 saturated carbocycles. The second-order valence-electron chi connectivity index (χ2n) is 5.94. The number of carbonyl (C=O) groups excluding carboxylic acids is 2. The maximum atomic E-state index is 12.6. The number of nitrogens with one attached hydrogen (secondary N) is 1. The third-order valence-electron chi connectivity index (χ3n) is 4.16. The second-order valence-corrected chi connectivity index (χ2v) is 5.94. The number of piperidine rings is 1. The summed E-state index contributed by atoms with van der Waals surface area (Å²) in [4.78, 5) is 25.5. The zero-order valence-corrected chi connectivity index (χ0v) is 14.7. The number of hydrogen-bond donors (Lipinski definition) is 2. The monoisotopic (exact) mass is 350 g/mol. The van der Waals surface area contributed by atoms with Crippen molar-refractivity contribution < 1.29 is 24.2 Å². The van der Waals surface area contributed by atoms with Crippen LogP contribution < -0.4 is 10.1 Å². The van der Waals surface area contributed by atoms with E-state index >= 15 is 0 Å². The quantitative estimate of drug-likeness (QED) is 0.711. The maximum absolute atomic E-state index is 12.6. The summed E-state index contributed by atoms with van der Waals surface area (Å²) in [6.45, 7) is 5.55. The lowest BCUT2D eigenvalue weighted by Gasteiger charge is -2.35. The predicted octanol–water partition coefficient (Wildman–Crippen LogP) is 0.813. The molecule has 0 radical (unpaired) electrons. The molecule has 0 aliphatic carbocycles. The van der Waals surface area contributed by atoms with Gasteiger partial charge in [0.2, 0.25) is 5.91 Å². The van der Waals surface area contributed by atoms with Gasteiger partial charge in [-0.3, -0.25) is 9.59 Å². The number of hydrogen-bond acceptors (Lipinski definition) is 5. The number of aliphatic hydroxyl groups excluding tert-OH is 1. The lowest BCUT2D eigenvalue weighted by atomic mass is 10.0. The Kier molecular flexibility index (Phi) is 7.21. The lowest BCUT2D eigenvalue weighted by molar-refractivity contribution is -0.132. The largest absolute Gasteiger partial charge is 0.490 e. The molecule has 0 unspecified atom stereocenters. The van der Waals surface area contributed by atoms with Crippen LogP contribution in [-0.2, 0) is 9.53 Å². The van der Waals surface area contributed by atoms with E-state index in [1.54, 1.807) is 29.2 Å². The number of amides is 2. The van der Waals surface area contributed by atoms with E-state index < -0.39 is 6.10 Å². The minimum absolute atomic E-state index is 0.0723. The van der Waals surface area contributed by atoms with Crippen LogP contribution in [0.1, 0.15) is 30.6 Å². The number of rotatable bonds is 7. The molecule has 1 saturated heterocycles. The Balaban J connectivity index is 1.95. The molecule has 1 aromatic carbocycles. The summed E-state index contributed by atoms with van der Waals surface area (Å²) >= 11 is 0. The van der Waals surface area contributed by atoms with Crippen LogP contribution in [0.3, 0.4) is 0 Å². The van der Waals surface area contributed by atoms with E-state index in [1.807, 2.05) is 6.92 Å². The molecule has 138 valence electrons. The third-order valence-corrected chi connectivity index (χ3v) is 4.16. The van der Waals surface area contributed by atoms with E-state index in [4.69, 9.17) is 9.47 Å². The van der Waals surface area contributed by atoms with Crippen molar-refractivity contribution in [1.82, 2.24) is 10.2 Å². The van der Waals surface area contributed by atoms with E-state index in [9.17, 15) is 14.7 Å². The number of likely N-dealkylation sites (tertiary alicyclic amines) is 1. The molecular weight excluding hydrogens is 324 g/mol. The maximum Gasteiger partial charge on any atom is 0.255 e. The first kappa shape index (κ1) is 19.2. The Morgan fingerprint density at radius 3 is 2.76 bits per heavy atom. The first-order valence-electron chi connectivity index (χ1n) is 8.57. The Labute approximate surface area is 147 Å². The van der Waals surface area contributed by atoms with Gasteiger partial charge >= 0.3 is 0 Å². The topological polar surface area (TPSA) is 88.1 Å². The Morgan fingerprint density at radius 1 is 1.32 bits per heavy atom. The van der Waals surface area contributed by atoms with Crippen molar-refractivity contribution in [3.05, 3.63) is 29.8 Å². The van der Waals surface area contributed by atoms with Crippen molar-refractivity contribution >= 4 is 11.8 Å². The summed E-state index contributed by atoms with van der Waals surface area (Å²) in [5.74, 6) is 0.111. The highest BCUT2D eigenvalue weighted by Gasteiger charge is 2.30. The third kappa shape index (κ3) is 5.44. The summed E-state index contributed by atoms with van der Waals surface area (Å²) in [5, 5.41) is 13.0. The first-order chi connectivity index (χ1) is 12.0. The van der Waals surface area contributed by atoms with E-state index in [0.29, 0.717) is 44.1 Å². The van der Waals surface area contributed by atoms with Crippen molar-refractivity contribution in [2.45, 2.75) is 32.4 Å². The van der Waals surface area contributed by atoms with Crippen molar-refractivity contribution in [3.63, 3.8) is 0 Å². The molecule has 1 aliphatic rings. The van der Waals surface area contributed by atoms with Crippen LogP contribution in [0.5, 0.6) is 5.75 Å². The molecule has 7 heteroatoms. The van der Waals surface area contributed by atoms with Gasteiger partial charge in [-0.05, 0) is 25.5 Å². The van der Waals surface area contributed by atoms with E-state index in [2.05, 4.69) is 5.32 Å². The number of carbonyl (C=O) groups is 2. The van der Waals surface area contributed by atoms with Gasteiger partial charge in [0.25, 0.3) is 5.91 Å². The molecule has 0 bridgehead atoms. The van der Waals surface area contributed by atoms with Crippen LogP contribution in [0.2, 0.25) is 0 Å². The smallest absolute Gasteiger partial charge is 0.255 e. The molecule has 1 aliphatic heterocycles. The van der Waals surface area contributed by atoms with E-state index in [-0.39, 0.29) is 24.4 Å². The summed E-state index contributed by atoms with van der Waals surface area (Å²) in [6.07, 6.45) is -0.271. The van der Waals surface area contributed by atoms with Gasteiger partial charge in [-0.25, -0.2) is 0 Å². The van der Waals surface area contributed by atoms with Crippen LogP contribution in [0.15, 0.2) is 24.3 Å². The van der Waals surface area contributed by atoms with Crippen LogP contribution in [-0.4, -0.2) is 66.9 Å². The van der Waals surface area contributed by atoms with Crippen molar-refractivity contribution in [3.8, 4) is 5.75 Å². The number of aliphatic hydroxyl groups is 1. The van der Waals surface area contributed by atoms with Gasteiger partial charge in [0.1, 0.15) is 12.4 Å². The fourth-order valence-corrected chi connectivity index (χ4v) is 2.77. The lowest BCUT2D eigenvalue weighted by Crippen LogP contribution is -2.55. The van der Waals surface area contributed by atoms with Crippen LogP contribution in [0.25, 0.3) is 0 Å². The zero-order valence-electron chi connectivity index (χ0n) is 14.7. The first-order valence-corrected chi connectivity index (χ1v) is 8.57. The minimum atomic E-state index is -0.785. The summed E-state index contributed by atoms with van der Waals surface area (Å²) in [6, 6.07) is 6.59. The number of para-hydroxylation sites is 1. The standard InChI is InChI=1S/C18H26N2O5/c1-3-24-10-11-25-17-7-5-4-6-14(17)18(23)19-15-8-9-20(13(2)21)12-16(15)22/h4-7,15-16,22H,3,8-12H2,1-2H3,(H,19,23)/t15-,16-/m1/s1. The van der Waals surface area contributed by atoms with Gasteiger partial charge in [0.15, 0.2) is 0 Å². The molecule has 7 nitrogen and oxygen atoms in total. The van der Waals surface area contributed by atoms with Crippen LogP contribution >= 0.6 is 0 Å². The van der Waals surface area contributed by atoms with Crippen LogP contribution in [0.4, 0.5) is 0 Å². The molecule has 1 heterocycles. The highest BCUT2D eigenvalue weighted by Crippen LogP contribution is 2.19. The average molecular weight is 350 g/mol. The molecule has 2 N–H and O–H groups in total. The molecule has 0 aromatic heterocycles. The number of β-amino-alcohol motifs (C(OH)–C–C–N with tert-alkyl or cyclic N) is 1. The highest BCUT2D eigenvalue weighted by atomic mass is 16.5. The number of ether oxygens (including phenoxy) is 2. The van der Waals surface area contributed by atoms with Crippen molar-refractivity contribution in [1.29, 1.82) is 0 Å². The van der Waals surface area contributed by atoms with Crippen molar-refractivity contribution in [2.24, 2.45) is 0 Å².